The van der Waals surface area contributed by atoms with Gasteiger partial charge in [0.25, 0.3) is 0 Å². The molecular formula is C16H13F2NO3S2. The summed E-state index contributed by atoms with van der Waals surface area (Å²) in [4.78, 5) is 13.2. The van der Waals surface area contributed by atoms with Gasteiger partial charge >= 0.3 is 0 Å². The first kappa shape index (κ1) is 16.9. The van der Waals surface area contributed by atoms with Gasteiger partial charge in [0, 0.05) is 16.2 Å². The van der Waals surface area contributed by atoms with E-state index in [-0.39, 0.29) is 0 Å². The van der Waals surface area contributed by atoms with Crippen LogP contribution in [-0.4, -0.2) is 20.1 Å². The molecule has 1 amide bonds. The zero-order chi connectivity index (χ0) is 17.3. The predicted octanol–water partition coefficient (Wildman–Crippen LogP) is 2.80. The third-order valence-electron chi connectivity index (χ3n) is 3.67. The lowest BCUT2D eigenvalue weighted by Crippen LogP contribution is -2.35. The molecule has 2 aromatic rings. The lowest BCUT2D eigenvalue weighted by Gasteiger charge is -2.12. The van der Waals surface area contributed by atoms with Crippen LogP contribution in [0.5, 0.6) is 0 Å². The van der Waals surface area contributed by atoms with Crippen molar-refractivity contribution in [3.63, 3.8) is 0 Å². The molecule has 0 saturated carbocycles. The Hall–Kier alpha value is -1.93. The molecule has 0 aromatic heterocycles. The van der Waals surface area contributed by atoms with Gasteiger partial charge in [-0.3, -0.25) is 9.52 Å². The Balaban J connectivity index is 1.77. The van der Waals surface area contributed by atoms with Gasteiger partial charge in [0.1, 0.15) is 17.4 Å². The maximum atomic E-state index is 13.6. The summed E-state index contributed by atoms with van der Waals surface area (Å²) in [6.07, 6.45) is 0. The second kappa shape index (κ2) is 6.52. The molecule has 2 aromatic carbocycles. The number of fused-ring (bicyclic) bond motifs is 1. The van der Waals surface area contributed by atoms with Crippen molar-refractivity contribution in [2.75, 3.05) is 5.75 Å². The van der Waals surface area contributed by atoms with E-state index in [4.69, 9.17) is 0 Å². The highest BCUT2D eigenvalue weighted by Crippen LogP contribution is 2.39. The average Bonchev–Trinajstić information content (AvgIpc) is 2.95. The van der Waals surface area contributed by atoms with Crippen molar-refractivity contribution in [3.05, 3.63) is 65.2 Å². The Labute approximate surface area is 142 Å². The fraction of sp³-hybridized carbons (Fsp3) is 0.188. The van der Waals surface area contributed by atoms with E-state index in [0.717, 1.165) is 28.7 Å². The summed E-state index contributed by atoms with van der Waals surface area (Å²) in [5.74, 6) is -3.73. The number of thioether (sulfide) groups is 1. The number of carbonyl (C=O) groups excluding carboxylic acids is 1. The number of amides is 1. The molecule has 1 atom stereocenters. The minimum Gasteiger partial charge on any atom is -0.273 e. The van der Waals surface area contributed by atoms with Crippen molar-refractivity contribution < 1.29 is 22.0 Å². The summed E-state index contributed by atoms with van der Waals surface area (Å²) in [7, 11) is -4.21. The Kier molecular flexibility index (Phi) is 4.60. The number of hydrogen-bond acceptors (Lipinski definition) is 4. The van der Waals surface area contributed by atoms with E-state index in [1.165, 1.54) is 11.8 Å². The number of hydrogen-bond donors (Lipinski definition) is 1. The molecule has 0 saturated heterocycles. The van der Waals surface area contributed by atoms with Gasteiger partial charge in [-0.05, 0) is 23.8 Å². The van der Waals surface area contributed by atoms with E-state index in [0.29, 0.717) is 5.75 Å². The molecule has 0 fully saturated rings. The van der Waals surface area contributed by atoms with E-state index < -0.39 is 44.8 Å². The van der Waals surface area contributed by atoms with Gasteiger partial charge in [-0.1, -0.05) is 24.3 Å². The standard InChI is InChI=1S/C16H13F2NO3S2/c17-13-5-3-6-14(18)12(13)9-24(21,22)19-16(20)11-8-23-15-7-2-1-4-10(11)15/h1-7,11H,8-9H2,(H,19,20)/t11-/m0/s1. The van der Waals surface area contributed by atoms with Gasteiger partial charge in [0.05, 0.1) is 5.92 Å². The summed E-state index contributed by atoms with van der Waals surface area (Å²) in [6.45, 7) is 0. The first-order valence-electron chi connectivity index (χ1n) is 7.06. The lowest BCUT2D eigenvalue weighted by molar-refractivity contribution is -0.120. The highest BCUT2D eigenvalue weighted by molar-refractivity contribution is 7.99. The van der Waals surface area contributed by atoms with Crippen LogP contribution in [0.2, 0.25) is 0 Å². The normalized spacial score (nSPS) is 16.7. The van der Waals surface area contributed by atoms with Crippen LogP contribution in [0.25, 0.3) is 0 Å². The van der Waals surface area contributed by atoms with Crippen LogP contribution in [0.15, 0.2) is 47.4 Å². The van der Waals surface area contributed by atoms with Gasteiger partial charge in [-0.25, -0.2) is 17.2 Å². The molecular weight excluding hydrogens is 356 g/mol. The number of nitrogens with one attached hydrogen (secondary N) is 1. The molecule has 0 radical (unpaired) electrons. The molecule has 1 heterocycles. The molecule has 1 N–H and O–H groups in total. The second-order valence-electron chi connectivity index (χ2n) is 5.33. The van der Waals surface area contributed by atoms with Crippen LogP contribution in [0, 0.1) is 11.6 Å². The van der Waals surface area contributed by atoms with E-state index in [1.54, 1.807) is 12.1 Å². The first-order valence-corrected chi connectivity index (χ1v) is 9.70. The Morgan fingerprint density at radius 1 is 1.12 bits per heavy atom. The average molecular weight is 369 g/mol. The summed E-state index contributed by atoms with van der Waals surface area (Å²) >= 11 is 1.46. The van der Waals surface area contributed by atoms with E-state index in [2.05, 4.69) is 0 Å². The Morgan fingerprint density at radius 2 is 1.79 bits per heavy atom. The van der Waals surface area contributed by atoms with Gasteiger partial charge < -0.3 is 0 Å². The van der Waals surface area contributed by atoms with Gasteiger partial charge in [0.2, 0.25) is 15.9 Å². The largest absolute Gasteiger partial charge is 0.273 e. The van der Waals surface area contributed by atoms with Gasteiger partial charge in [0.15, 0.2) is 0 Å². The van der Waals surface area contributed by atoms with Crippen molar-refractivity contribution in [2.24, 2.45) is 0 Å². The molecule has 4 nitrogen and oxygen atoms in total. The lowest BCUT2D eigenvalue weighted by atomic mass is 10.0. The van der Waals surface area contributed by atoms with Crippen molar-refractivity contribution in [1.29, 1.82) is 0 Å². The van der Waals surface area contributed by atoms with Crippen molar-refractivity contribution >= 4 is 27.7 Å². The number of sulfonamides is 1. The third-order valence-corrected chi connectivity index (χ3v) is 6.03. The molecule has 0 bridgehead atoms. The van der Waals surface area contributed by atoms with Crippen LogP contribution >= 0.6 is 11.8 Å². The zero-order valence-corrected chi connectivity index (χ0v) is 14.0. The van der Waals surface area contributed by atoms with E-state index >= 15 is 0 Å². The topological polar surface area (TPSA) is 63.2 Å². The molecule has 0 unspecified atom stereocenters. The minimum atomic E-state index is -4.21. The Bertz CT molecular complexity index is 880. The summed E-state index contributed by atoms with van der Waals surface area (Å²) in [5.41, 5.74) is 0.172. The smallest absolute Gasteiger partial charge is 0.241 e. The molecule has 1 aliphatic rings. The molecule has 24 heavy (non-hydrogen) atoms. The van der Waals surface area contributed by atoms with E-state index in [9.17, 15) is 22.0 Å². The number of halogens is 2. The molecule has 1 aliphatic heterocycles. The minimum absolute atomic E-state index is 0.425. The molecule has 0 aliphatic carbocycles. The van der Waals surface area contributed by atoms with Crippen LogP contribution < -0.4 is 4.72 Å². The van der Waals surface area contributed by atoms with Crippen LogP contribution in [0.4, 0.5) is 8.78 Å². The monoisotopic (exact) mass is 369 g/mol. The number of rotatable bonds is 4. The fourth-order valence-electron chi connectivity index (χ4n) is 2.50. The summed E-state index contributed by atoms with van der Waals surface area (Å²) in [6, 6.07) is 10.3. The molecule has 126 valence electrons. The summed E-state index contributed by atoms with van der Waals surface area (Å²) < 4.78 is 53.3. The second-order valence-corrected chi connectivity index (χ2v) is 8.11. The molecule has 0 spiro atoms. The highest BCUT2D eigenvalue weighted by Gasteiger charge is 2.31. The quantitative estimate of drug-likeness (QED) is 0.900. The third kappa shape index (κ3) is 3.44. The van der Waals surface area contributed by atoms with Crippen LogP contribution in [-0.2, 0) is 20.6 Å². The van der Waals surface area contributed by atoms with Crippen molar-refractivity contribution in [2.45, 2.75) is 16.6 Å². The van der Waals surface area contributed by atoms with E-state index in [1.807, 2.05) is 16.9 Å². The molecule has 3 rings (SSSR count). The van der Waals surface area contributed by atoms with Gasteiger partial charge in [-0.15, -0.1) is 11.8 Å². The molecule has 8 heteroatoms. The van der Waals surface area contributed by atoms with Crippen LogP contribution in [0.3, 0.4) is 0 Å². The fourth-order valence-corrected chi connectivity index (χ4v) is 4.91. The highest BCUT2D eigenvalue weighted by atomic mass is 32.2. The number of carbonyl (C=O) groups is 1. The SMILES string of the molecule is O=C(NS(=O)(=O)Cc1c(F)cccc1F)[C@H]1CSc2ccccc21. The number of benzene rings is 2. The Morgan fingerprint density at radius 3 is 2.50 bits per heavy atom. The van der Waals surface area contributed by atoms with Gasteiger partial charge in [-0.2, -0.15) is 0 Å². The maximum Gasteiger partial charge on any atom is 0.241 e. The van der Waals surface area contributed by atoms with Crippen molar-refractivity contribution in [3.8, 4) is 0 Å². The predicted molar refractivity (Wildman–Crippen MR) is 87.0 cm³/mol. The van der Waals surface area contributed by atoms with Crippen molar-refractivity contribution in [1.82, 2.24) is 4.72 Å². The first-order chi connectivity index (χ1) is 11.4. The van der Waals surface area contributed by atoms with Crippen LogP contribution in [0.1, 0.15) is 17.0 Å². The summed E-state index contributed by atoms with van der Waals surface area (Å²) in [5, 5.41) is 0. The maximum absolute atomic E-state index is 13.6. The zero-order valence-electron chi connectivity index (χ0n) is 12.3.